The summed E-state index contributed by atoms with van der Waals surface area (Å²) in [6, 6.07) is 0. The van der Waals surface area contributed by atoms with Crippen molar-refractivity contribution in [3.63, 3.8) is 0 Å². The molecule has 0 fully saturated rings. The van der Waals surface area contributed by atoms with Crippen LogP contribution in [-0.4, -0.2) is 26.6 Å². The van der Waals surface area contributed by atoms with Crippen LogP contribution in [0.25, 0.3) is 0 Å². The molecule has 0 amide bonds. The Labute approximate surface area is 113 Å². The molecule has 0 aliphatic rings. The minimum atomic E-state index is -4.47. The van der Waals surface area contributed by atoms with E-state index in [1.165, 1.54) is 6.08 Å². The minimum Gasteiger partial charge on any atom is -0.455 e. The van der Waals surface area contributed by atoms with E-state index in [0.29, 0.717) is 0 Å². The lowest BCUT2D eigenvalue weighted by Crippen LogP contribution is -2.24. The molecule has 2 unspecified atom stereocenters. The minimum absolute atomic E-state index is 0.218. The van der Waals surface area contributed by atoms with Gasteiger partial charge >= 0.3 is 12.1 Å². The molecule has 7 heteroatoms. The molecule has 0 aromatic rings. The molecule has 0 saturated carbocycles. The van der Waals surface area contributed by atoms with Gasteiger partial charge in [0.25, 0.3) is 0 Å². The summed E-state index contributed by atoms with van der Waals surface area (Å²) in [5.41, 5.74) is 0. The quantitative estimate of drug-likeness (QED) is 0.286. The molecule has 0 N–H and O–H groups in total. The summed E-state index contributed by atoms with van der Waals surface area (Å²) in [6.45, 7) is 0.362. The summed E-state index contributed by atoms with van der Waals surface area (Å²) in [6.07, 6.45) is -1.21. The summed E-state index contributed by atoms with van der Waals surface area (Å²) in [5, 5.41) is 0. The van der Waals surface area contributed by atoms with Gasteiger partial charge in [-0.2, -0.15) is 13.2 Å². The van der Waals surface area contributed by atoms with Crippen LogP contribution in [0.5, 0.6) is 0 Å². The van der Waals surface area contributed by atoms with E-state index < -0.39 is 22.7 Å². The normalized spacial score (nSPS) is 16.4. The average Bonchev–Trinajstić information content (AvgIpc) is 2.08. The zero-order valence-corrected chi connectivity index (χ0v) is 12.0. The summed E-state index contributed by atoms with van der Waals surface area (Å²) < 4.78 is 38.7. The third-order valence-electron chi connectivity index (χ3n) is 1.15. The van der Waals surface area contributed by atoms with Crippen LogP contribution in [0.15, 0.2) is 12.2 Å². The first-order chi connectivity index (χ1) is 6.72. The third kappa shape index (κ3) is 9.39. The Morgan fingerprint density at radius 3 is 2.33 bits per heavy atom. The van der Waals surface area contributed by atoms with Gasteiger partial charge in [-0.25, -0.2) is 0 Å². The number of alkyl halides is 5. The number of hydrogen-bond acceptors (Lipinski definition) is 2. The van der Waals surface area contributed by atoms with Crippen molar-refractivity contribution >= 4 is 51.2 Å². The first-order valence-electron chi connectivity index (χ1n) is 3.92. The van der Waals surface area contributed by atoms with Crippen molar-refractivity contribution in [2.75, 3.05) is 6.61 Å². The molecule has 0 aliphatic carbocycles. The molecule has 0 aromatic heterocycles. The highest BCUT2D eigenvalue weighted by atomic mass is 127. The lowest BCUT2D eigenvalue weighted by atomic mass is 10.3. The highest BCUT2D eigenvalue weighted by Gasteiger charge is 2.30. The van der Waals surface area contributed by atoms with Crippen LogP contribution in [-0.2, 0) is 9.53 Å². The Balaban J connectivity index is 4.00. The number of carbonyl (C=O) groups is 1. The van der Waals surface area contributed by atoms with Gasteiger partial charge in [0.15, 0.2) is 6.61 Å². The third-order valence-corrected chi connectivity index (χ3v) is 2.49. The number of halogens is 5. The number of esters is 1. The van der Waals surface area contributed by atoms with Crippen LogP contribution in [0.1, 0.15) is 6.92 Å². The largest absolute Gasteiger partial charge is 0.455 e. The van der Waals surface area contributed by atoms with E-state index >= 15 is 0 Å². The Hall–Kier alpha value is 0.460. The standard InChI is InChI=1S/C8H9F3I2O2/c1-5(12)2-3-6(13)7(14)15-4-8(9,10)11/h2-3,5-6H,4H2,1H3/b3-2-. The predicted octanol–water partition coefficient (Wildman–Crippen LogP) is 3.28. The number of carbonyl (C=O) groups excluding carboxylic acids is 1. The molecule has 2 nitrogen and oxygen atoms in total. The second-order valence-electron chi connectivity index (χ2n) is 2.69. The van der Waals surface area contributed by atoms with Gasteiger partial charge in [0.1, 0.15) is 3.92 Å². The SMILES string of the molecule is CC(I)/C=C\C(I)C(=O)OCC(F)(F)F. The number of hydrogen-bond donors (Lipinski definition) is 0. The van der Waals surface area contributed by atoms with Crippen molar-refractivity contribution in [3.8, 4) is 0 Å². The molecular formula is C8H9F3I2O2. The van der Waals surface area contributed by atoms with Crippen molar-refractivity contribution in [1.82, 2.24) is 0 Å². The predicted molar refractivity (Wildman–Crippen MR) is 67.4 cm³/mol. The zero-order valence-electron chi connectivity index (χ0n) is 7.72. The molecule has 0 radical (unpaired) electrons. The first kappa shape index (κ1) is 15.5. The van der Waals surface area contributed by atoms with Gasteiger partial charge in [-0.1, -0.05) is 57.3 Å². The second kappa shape index (κ2) is 6.92. The van der Waals surface area contributed by atoms with Crippen molar-refractivity contribution in [3.05, 3.63) is 12.2 Å². The fourth-order valence-electron chi connectivity index (χ4n) is 0.562. The van der Waals surface area contributed by atoms with Crippen molar-refractivity contribution in [1.29, 1.82) is 0 Å². The second-order valence-corrected chi connectivity index (χ2v) is 5.99. The molecule has 88 valence electrons. The lowest BCUT2D eigenvalue weighted by molar-refractivity contribution is -0.185. The summed E-state index contributed by atoms with van der Waals surface area (Å²) in [5.74, 6) is -0.874. The fourth-order valence-corrected chi connectivity index (χ4v) is 1.22. The molecule has 2 atom stereocenters. The number of rotatable bonds is 4. The summed E-state index contributed by atoms with van der Waals surface area (Å²) in [7, 11) is 0. The Morgan fingerprint density at radius 1 is 1.40 bits per heavy atom. The van der Waals surface area contributed by atoms with Crippen LogP contribution in [0.2, 0.25) is 0 Å². The molecule has 0 heterocycles. The monoisotopic (exact) mass is 448 g/mol. The lowest BCUT2D eigenvalue weighted by Gasteiger charge is -2.09. The van der Waals surface area contributed by atoms with E-state index in [1.807, 2.05) is 6.92 Å². The van der Waals surface area contributed by atoms with E-state index in [1.54, 1.807) is 28.7 Å². The van der Waals surface area contributed by atoms with Crippen molar-refractivity contribution in [2.24, 2.45) is 0 Å². The maximum Gasteiger partial charge on any atom is 0.422 e. The van der Waals surface area contributed by atoms with Gasteiger partial charge in [0, 0.05) is 3.92 Å². The Bertz CT molecular complexity index is 239. The first-order valence-corrected chi connectivity index (χ1v) is 6.41. The Kier molecular flexibility index (Phi) is 7.13. The van der Waals surface area contributed by atoms with Gasteiger partial charge in [-0.05, 0) is 6.92 Å². The van der Waals surface area contributed by atoms with Crippen LogP contribution in [0.3, 0.4) is 0 Å². The van der Waals surface area contributed by atoms with Crippen LogP contribution >= 0.6 is 45.2 Å². The van der Waals surface area contributed by atoms with E-state index in [-0.39, 0.29) is 3.92 Å². The molecule has 0 aromatic carbocycles. The Morgan fingerprint density at radius 2 is 1.93 bits per heavy atom. The molecule has 0 bridgehead atoms. The average molecular weight is 448 g/mol. The molecule has 0 spiro atoms. The van der Waals surface area contributed by atoms with E-state index in [9.17, 15) is 18.0 Å². The van der Waals surface area contributed by atoms with Crippen LogP contribution in [0.4, 0.5) is 13.2 Å². The number of ether oxygens (including phenoxy) is 1. The maximum atomic E-state index is 11.7. The van der Waals surface area contributed by atoms with E-state index in [0.717, 1.165) is 0 Å². The molecular weight excluding hydrogens is 439 g/mol. The van der Waals surface area contributed by atoms with Crippen LogP contribution < -0.4 is 0 Å². The molecule has 0 aliphatic heterocycles. The fraction of sp³-hybridized carbons (Fsp3) is 0.625. The van der Waals surface area contributed by atoms with Gasteiger partial charge in [0.05, 0.1) is 0 Å². The molecule has 15 heavy (non-hydrogen) atoms. The zero-order chi connectivity index (χ0) is 12.1. The van der Waals surface area contributed by atoms with Gasteiger partial charge in [-0.3, -0.25) is 4.79 Å². The smallest absolute Gasteiger partial charge is 0.422 e. The van der Waals surface area contributed by atoms with Gasteiger partial charge in [0.2, 0.25) is 0 Å². The van der Waals surface area contributed by atoms with Crippen molar-refractivity contribution in [2.45, 2.75) is 20.9 Å². The van der Waals surface area contributed by atoms with Gasteiger partial charge in [-0.15, -0.1) is 0 Å². The summed E-state index contributed by atoms with van der Waals surface area (Å²) in [4.78, 5) is 11.0. The van der Waals surface area contributed by atoms with E-state index in [4.69, 9.17) is 0 Å². The van der Waals surface area contributed by atoms with Crippen molar-refractivity contribution < 1.29 is 22.7 Å². The topological polar surface area (TPSA) is 26.3 Å². The van der Waals surface area contributed by atoms with Crippen LogP contribution in [0, 0.1) is 0 Å². The maximum absolute atomic E-state index is 11.7. The van der Waals surface area contributed by atoms with E-state index in [2.05, 4.69) is 27.3 Å². The molecule has 0 saturated heterocycles. The highest BCUT2D eigenvalue weighted by molar-refractivity contribution is 14.1. The summed E-state index contributed by atoms with van der Waals surface area (Å²) >= 11 is 3.83. The molecule has 0 rings (SSSR count). The van der Waals surface area contributed by atoms with Gasteiger partial charge < -0.3 is 4.74 Å². The number of allylic oxidation sites excluding steroid dienone is 1. The highest BCUT2D eigenvalue weighted by Crippen LogP contribution is 2.16.